The van der Waals surface area contributed by atoms with Crippen LogP contribution in [-0.4, -0.2) is 26.1 Å². The van der Waals surface area contributed by atoms with E-state index in [1.807, 2.05) is 19.1 Å². The molecule has 0 saturated heterocycles. The van der Waals surface area contributed by atoms with Crippen molar-refractivity contribution in [2.45, 2.75) is 19.9 Å². The normalized spacial score (nSPS) is 10.3. The van der Waals surface area contributed by atoms with E-state index < -0.39 is 0 Å². The van der Waals surface area contributed by atoms with Crippen LogP contribution in [0.25, 0.3) is 0 Å². The molecule has 1 amide bonds. The van der Waals surface area contributed by atoms with Crippen molar-refractivity contribution in [1.82, 2.24) is 10.6 Å². The summed E-state index contributed by atoms with van der Waals surface area (Å²) < 4.78 is 7.01. The molecule has 1 aromatic carbocycles. The van der Waals surface area contributed by atoms with Crippen LogP contribution in [0.5, 0.6) is 5.75 Å². The van der Waals surface area contributed by atoms with Gasteiger partial charge in [-0.05, 0) is 56.0 Å². The van der Waals surface area contributed by atoms with Crippen molar-refractivity contribution < 1.29 is 9.53 Å². The average Bonchev–Trinajstić information content (AvgIpc) is 2.36. The van der Waals surface area contributed by atoms with Gasteiger partial charge >= 0.3 is 0 Å². The number of halogens is 2. The van der Waals surface area contributed by atoms with Crippen molar-refractivity contribution >= 4 is 37.8 Å². The lowest BCUT2D eigenvalue weighted by molar-refractivity contribution is -0.120. The molecule has 0 unspecified atom stereocenters. The molecule has 1 rings (SSSR count). The molecule has 0 saturated carbocycles. The van der Waals surface area contributed by atoms with Crippen LogP contribution in [0.15, 0.2) is 21.1 Å². The topological polar surface area (TPSA) is 50.4 Å². The molecule has 0 aliphatic rings. The van der Waals surface area contributed by atoms with Crippen LogP contribution in [-0.2, 0) is 11.3 Å². The second-order valence-electron chi connectivity index (χ2n) is 4.05. The lowest BCUT2D eigenvalue weighted by atomic mass is 10.2. The van der Waals surface area contributed by atoms with Crippen LogP contribution in [0.4, 0.5) is 0 Å². The summed E-state index contributed by atoms with van der Waals surface area (Å²) in [6.45, 7) is 3.70. The Bertz CT molecular complexity index is 416. The van der Waals surface area contributed by atoms with Gasteiger partial charge < -0.3 is 15.4 Å². The van der Waals surface area contributed by atoms with Crippen LogP contribution >= 0.6 is 31.9 Å². The van der Waals surface area contributed by atoms with E-state index in [0.29, 0.717) is 13.1 Å². The fourth-order valence-corrected chi connectivity index (χ4v) is 3.16. The van der Waals surface area contributed by atoms with Crippen molar-refractivity contribution in [2.75, 3.05) is 20.2 Å². The third kappa shape index (κ3) is 5.50. The molecule has 0 aromatic heterocycles. The van der Waals surface area contributed by atoms with Gasteiger partial charge in [0.15, 0.2) is 0 Å². The molecule has 2 N–H and O–H groups in total. The molecule has 0 spiro atoms. The van der Waals surface area contributed by atoms with E-state index in [1.54, 1.807) is 7.11 Å². The number of hydrogen-bond donors (Lipinski definition) is 2. The molecule has 1 aromatic rings. The first-order valence-electron chi connectivity index (χ1n) is 6.07. The maximum absolute atomic E-state index is 11.4. The Hall–Kier alpha value is -0.590. The second kappa shape index (κ2) is 8.55. The summed E-state index contributed by atoms with van der Waals surface area (Å²) in [5, 5.41) is 5.93. The maximum Gasteiger partial charge on any atom is 0.233 e. The highest BCUT2D eigenvalue weighted by molar-refractivity contribution is 9.11. The molecule has 19 heavy (non-hydrogen) atoms. The Morgan fingerprint density at radius 1 is 1.32 bits per heavy atom. The van der Waals surface area contributed by atoms with Gasteiger partial charge in [0.2, 0.25) is 5.91 Å². The molecular weight excluding hydrogens is 376 g/mol. The van der Waals surface area contributed by atoms with Crippen molar-refractivity contribution in [3.8, 4) is 5.75 Å². The van der Waals surface area contributed by atoms with Crippen molar-refractivity contribution in [3.05, 3.63) is 26.6 Å². The van der Waals surface area contributed by atoms with Crippen LogP contribution in [0, 0.1) is 0 Å². The minimum absolute atomic E-state index is 0.0218. The number of hydrogen-bond acceptors (Lipinski definition) is 3. The van der Waals surface area contributed by atoms with E-state index in [1.165, 1.54) is 0 Å². The largest absolute Gasteiger partial charge is 0.494 e. The summed E-state index contributed by atoms with van der Waals surface area (Å²) in [5.74, 6) is 0.790. The third-order valence-electron chi connectivity index (χ3n) is 2.45. The van der Waals surface area contributed by atoms with Gasteiger partial charge in [-0.1, -0.05) is 6.92 Å². The monoisotopic (exact) mass is 392 g/mol. The second-order valence-corrected chi connectivity index (χ2v) is 5.75. The molecule has 0 heterocycles. The van der Waals surface area contributed by atoms with E-state index in [-0.39, 0.29) is 5.91 Å². The SMILES string of the molecule is CCCNC(=O)CNCc1cc(Br)c(OC)c(Br)c1. The van der Waals surface area contributed by atoms with Crippen LogP contribution in [0.1, 0.15) is 18.9 Å². The van der Waals surface area contributed by atoms with Gasteiger partial charge in [0, 0.05) is 13.1 Å². The summed E-state index contributed by atoms with van der Waals surface area (Å²) in [6, 6.07) is 3.95. The minimum atomic E-state index is 0.0218. The third-order valence-corrected chi connectivity index (χ3v) is 3.63. The Labute approximate surface area is 130 Å². The maximum atomic E-state index is 11.4. The smallest absolute Gasteiger partial charge is 0.233 e. The highest BCUT2D eigenvalue weighted by Crippen LogP contribution is 2.34. The van der Waals surface area contributed by atoms with Crippen molar-refractivity contribution in [2.24, 2.45) is 0 Å². The Kier molecular flexibility index (Phi) is 7.41. The molecule has 6 heteroatoms. The number of methoxy groups -OCH3 is 1. The fraction of sp³-hybridized carbons (Fsp3) is 0.462. The number of rotatable bonds is 7. The first kappa shape index (κ1) is 16.5. The standard InChI is InChI=1S/C13H18Br2N2O2/c1-3-4-17-12(18)8-16-7-9-5-10(14)13(19-2)11(15)6-9/h5-6,16H,3-4,7-8H2,1-2H3,(H,17,18). The van der Waals surface area contributed by atoms with Gasteiger partial charge in [0.25, 0.3) is 0 Å². The summed E-state index contributed by atoms with van der Waals surface area (Å²) in [4.78, 5) is 11.4. The molecule has 0 fully saturated rings. The molecular formula is C13H18Br2N2O2. The van der Waals surface area contributed by atoms with Gasteiger partial charge in [-0.15, -0.1) is 0 Å². The van der Waals surface area contributed by atoms with Crippen molar-refractivity contribution in [3.63, 3.8) is 0 Å². The highest BCUT2D eigenvalue weighted by Gasteiger charge is 2.08. The van der Waals surface area contributed by atoms with Gasteiger partial charge in [-0.3, -0.25) is 4.79 Å². The Balaban J connectivity index is 2.48. The van der Waals surface area contributed by atoms with E-state index >= 15 is 0 Å². The lowest BCUT2D eigenvalue weighted by Gasteiger charge is -2.10. The summed E-state index contributed by atoms with van der Waals surface area (Å²) in [7, 11) is 1.63. The van der Waals surface area contributed by atoms with Crippen molar-refractivity contribution in [1.29, 1.82) is 0 Å². The van der Waals surface area contributed by atoms with Crippen LogP contribution in [0.2, 0.25) is 0 Å². The molecule has 4 nitrogen and oxygen atoms in total. The quantitative estimate of drug-likeness (QED) is 0.748. The van der Waals surface area contributed by atoms with Gasteiger partial charge in [-0.25, -0.2) is 0 Å². The number of amides is 1. The lowest BCUT2D eigenvalue weighted by Crippen LogP contribution is -2.33. The molecule has 0 radical (unpaired) electrons. The predicted molar refractivity (Wildman–Crippen MR) is 83.4 cm³/mol. The summed E-state index contributed by atoms with van der Waals surface area (Å²) in [6.07, 6.45) is 0.949. The van der Waals surface area contributed by atoms with E-state index in [0.717, 1.165) is 33.2 Å². The predicted octanol–water partition coefficient (Wildman–Crippen LogP) is 2.84. The van der Waals surface area contributed by atoms with E-state index in [4.69, 9.17) is 4.74 Å². The van der Waals surface area contributed by atoms with Gasteiger partial charge in [0.05, 0.1) is 22.6 Å². The molecule has 0 bridgehead atoms. The Morgan fingerprint density at radius 2 is 1.95 bits per heavy atom. The number of nitrogens with one attached hydrogen (secondary N) is 2. The zero-order valence-electron chi connectivity index (χ0n) is 11.1. The number of benzene rings is 1. The van der Waals surface area contributed by atoms with Crippen LogP contribution in [0.3, 0.4) is 0 Å². The van der Waals surface area contributed by atoms with Crippen LogP contribution < -0.4 is 15.4 Å². The molecule has 0 atom stereocenters. The molecule has 106 valence electrons. The highest BCUT2D eigenvalue weighted by atomic mass is 79.9. The number of carbonyl (C=O) groups excluding carboxylic acids is 1. The first-order valence-corrected chi connectivity index (χ1v) is 7.66. The zero-order chi connectivity index (χ0) is 14.3. The van der Waals surface area contributed by atoms with Gasteiger partial charge in [0.1, 0.15) is 5.75 Å². The summed E-state index contributed by atoms with van der Waals surface area (Å²) >= 11 is 6.90. The van der Waals surface area contributed by atoms with E-state index in [9.17, 15) is 4.79 Å². The zero-order valence-corrected chi connectivity index (χ0v) is 14.2. The summed E-state index contributed by atoms with van der Waals surface area (Å²) in [5.41, 5.74) is 1.07. The Morgan fingerprint density at radius 3 is 2.47 bits per heavy atom. The molecule has 0 aliphatic heterocycles. The number of carbonyl (C=O) groups is 1. The number of ether oxygens (including phenoxy) is 1. The first-order chi connectivity index (χ1) is 9.08. The average molecular weight is 394 g/mol. The minimum Gasteiger partial charge on any atom is -0.494 e. The van der Waals surface area contributed by atoms with E-state index in [2.05, 4.69) is 42.5 Å². The fourth-order valence-electron chi connectivity index (χ4n) is 1.56. The van der Waals surface area contributed by atoms with Gasteiger partial charge in [-0.2, -0.15) is 0 Å². The molecule has 0 aliphatic carbocycles.